The number of rotatable bonds is 8. The van der Waals surface area contributed by atoms with Crippen molar-refractivity contribution < 1.29 is 17.9 Å². The lowest BCUT2D eigenvalue weighted by atomic mass is 10.4. The van der Waals surface area contributed by atoms with Crippen LogP contribution in [0, 0.1) is 0 Å². The lowest BCUT2D eigenvalue weighted by molar-refractivity contribution is -0.0960. The molecule has 0 saturated carbocycles. The van der Waals surface area contributed by atoms with Crippen LogP contribution in [0.5, 0.6) is 0 Å². The van der Waals surface area contributed by atoms with Gasteiger partial charge in [0.15, 0.2) is 6.29 Å². The molecule has 6 heteroatoms. The molecule has 0 spiro atoms. The number of methoxy groups -OCH3 is 2. The molecular formula is C8H19NO4S. The first kappa shape index (κ1) is 13.8. The monoisotopic (exact) mass is 225 g/mol. The van der Waals surface area contributed by atoms with Gasteiger partial charge >= 0.3 is 0 Å². The summed E-state index contributed by atoms with van der Waals surface area (Å²) in [5.41, 5.74) is 0. The molecule has 0 aliphatic carbocycles. The molecule has 14 heavy (non-hydrogen) atoms. The molecule has 0 unspecified atom stereocenters. The Kier molecular flexibility index (Phi) is 7.08. The van der Waals surface area contributed by atoms with Crippen LogP contribution >= 0.6 is 0 Å². The van der Waals surface area contributed by atoms with Gasteiger partial charge in [0.05, 0.1) is 12.3 Å². The summed E-state index contributed by atoms with van der Waals surface area (Å²) in [5, 5.41) is 0. The third-order valence-corrected chi connectivity index (χ3v) is 3.19. The average molecular weight is 225 g/mol. The summed E-state index contributed by atoms with van der Waals surface area (Å²) in [5.74, 6) is 0.156. The van der Waals surface area contributed by atoms with Gasteiger partial charge in [-0.3, -0.25) is 0 Å². The van der Waals surface area contributed by atoms with E-state index in [4.69, 9.17) is 9.47 Å². The van der Waals surface area contributed by atoms with Crippen molar-refractivity contribution in [2.45, 2.75) is 26.1 Å². The highest BCUT2D eigenvalue weighted by molar-refractivity contribution is 7.89. The predicted octanol–water partition coefficient (Wildman–Crippen LogP) is 0.325. The fraction of sp³-hybridized carbons (Fsp3) is 1.00. The fourth-order valence-electron chi connectivity index (χ4n) is 0.864. The van der Waals surface area contributed by atoms with Gasteiger partial charge in [0.1, 0.15) is 0 Å². The molecular weight excluding hydrogens is 206 g/mol. The molecule has 1 N–H and O–H groups in total. The Morgan fingerprint density at radius 2 is 1.86 bits per heavy atom. The average Bonchev–Trinajstić information content (AvgIpc) is 2.16. The van der Waals surface area contributed by atoms with Gasteiger partial charge in [0.25, 0.3) is 0 Å². The SMILES string of the molecule is CCCCS(=O)(=O)NCC(OC)OC. The van der Waals surface area contributed by atoms with Crippen LogP contribution in [0.15, 0.2) is 0 Å². The minimum Gasteiger partial charge on any atom is -0.355 e. The van der Waals surface area contributed by atoms with E-state index in [2.05, 4.69) is 4.72 Å². The molecule has 0 fully saturated rings. The summed E-state index contributed by atoms with van der Waals surface area (Å²) in [6.45, 7) is 2.10. The van der Waals surface area contributed by atoms with Crippen molar-refractivity contribution in [2.24, 2.45) is 0 Å². The maximum atomic E-state index is 11.3. The summed E-state index contributed by atoms with van der Waals surface area (Å²) in [6.07, 6.45) is 1.00. The molecule has 0 aromatic rings. The Morgan fingerprint density at radius 3 is 2.29 bits per heavy atom. The van der Waals surface area contributed by atoms with Gasteiger partial charge in [-0.1, -0.05) is 13.3 Å². The largest absolute Gasteiger partial charge is 0.355 e. The second kappa shape index (κ2) is 7.17. The minimum atomic E-state index is -3.17. The highest BCUT2D eigenvalue weighted by Gasteiger charge is 2.12. The van der Waals surface area contributed by atoms with Gasteiger partial charge in [-0.2, -0.15) is 0 Å². The summed E-state index contributed by atoms with van der Waals surface area (Å²) < 4.78 is 34.7. The van der Waals surface area contributed by atoms with Crippen molar-refractivity contribution in [1.82, 2.24) is 4.72 Å². The molecule has 0 amide bonds. The molecule has 0 heterocycles. The second-order valence-electron chi connectivity index (χ2n) is 2.92. The Morgan fingerprint density at radius 1 is 1.29 bits per heavy atom. The van der Waals surface area contributed by atoms with E-state index in [1.807, 2.05) is 6.92 Å². The first-order valence-corrected chi connectivity index (χ1v) is 6.24. The van der Waals surface area contributed by atoms with Crippen molar-refractivity contribution >= 4 is 10.0 Å². The lowest BCUT2D eigenvalue weighted by Gasteiger charge is -2.13. The molecule has 0 aliphatic rings. The fourth-order valence-corrected chi connectivity index (χ4v) is 2.07. The first-order valence-electron chi connectivity index (χ1n) is 4.58. The van der Waals surface area contributed by atoms with E-state index >= 15 is 0 Å². The molecule has 86 valence electrons. The van der Waals surface area contributed by atoms with Gasteiger partial charge in [0, 0.05) is 14.2 Å². The Labute approximate surface area is 85.8 Å². The molecule has 0 bridgehead atoms. The number of unbranched alkanes of at least 4 members (excludes halogenated alkanes) is 1. The molecule has 0 radical (unpaired) electrons. The molecule has 0 atom stereocenters. The lowest BCUT2D eigenvalue weighted by Crippen LogP contribution is -2.35. The summed E-state index contributed by atoms with van der Waals surface area (Å²) in [6, 6.07) is 0. The molecule has 0 aliphatic heterocycles. The number of nitrogens with one attached hydrogen (secondary N) is 1. The van der Waals surface area contributed by atoms with Crippen molar-refractivity contribution in [3.05, 3.63) is 0 Å². The second-order valence-corrected chi connectivity index (χ2v) is 4.85. The maximum Gasteiger partial charge on any atom is 0.211 e. The van der Waals surface area contributed by atoms with E-state index < -0.39 is 16.3 Å². The van der Waals surface area contributed by atoms with Gasteiger partial charge < -0.3 is 9.47 Å². The van der Waals surface area contributed by atoms with E-state index in [0.717, 1.165) is 6.42 Å². The van der Waals surface area contributed by atoms with Crippen molar-refractivity contribution in [2.75, 3.05) is 26.5 Å². The van der Waals surface area contributed by atoms with E-state index in [1.54, 1.807) is 0 Å². The maximum absolute atomic E-state index is 11.3. The molecule has 0 rings (SSSR count). The van der Waals surface area contributed by atoms with Crippen LogP contribution in [-0.2, 0) is 19.5 Å². The smallest absolute Gasteiger partial charge is 0.211 e. The topological polar surface area (TPSA) is 64.6 Å². The molecule has 0 aromatic heterocycles. The zero-order chi connectivity index (χ0) is 11.0. The van der Waals surface area contributed by atoms with E-state index in [1.165, 1.54) is 14.2 Å². The van der Waals surface area contributed by atoms with E-state index in [-0.39, 0.29) is 12.3 Å². The summed E-state index contributed by atoms with van der Waals surface area (Å²) in [4.78, 5) is 0. The van der Waals surface area contributed by atoms with Crippen LogP contribution in [0.2, 0.25) is 0 Å². The number of hydrogen-bond donors (Lipinski definition) is 1. The van der Waals surface area contributed by atoms with Gasteiger partial charge in [-0.05, 0) is 6.42 Å². The van der Waals surface area contributed by atoms with E-state index in [9.17, 15) is 8.42 Å². The highest BCUT2D eigenvalue weighted by Crippen LogP contribution is 1.95. The minimum absolute atomic E-state index is 0.152. The number of ether oxygens (including phenoxy) is 2. The zero-order valence-electron chi connectivity index (χ0n) is 8.95. The number of hydrogen-bond acceptors (Lipinski definition) is 4. The van der Waals surface area contributed by atoms with Gasteiger partial charge in [-0.15, -0.1) is 0 Å². The number of sulfonamides is 1. The van der Waals surface area contributed by atoms with Crippen molar-refractivity contribution in [1.29, 1.82) is 0 Å². The van der Waals surface area contributed by atoms with Crippen LogP contribution in [0.3, 0.4) is 0 Å². The highest BCUT2D eigenvalue weighted by atomic mass is 32.2. The molecule has 0 aromatic carbocycles. The third-order valence-electron chi connectivity index (χ3n) is 1.76. The quantitative estimate of drug-likeness (QED) is 0.604. The Hall–Kier alpha value is -0.170. The Bertz CT molecular complexity index is 223. The molecule has 5 nitrogen and oxygen atoms in total. The molecule has 0 saturated heterocycles. The first-order chi connectivity index (χ1) is 6.55. The van der Waals surface area contributed by atoms with Crippen LogP contribution in [0.4, 0.5) is 0 Å². The van der Waals surface area contributed by atoms with Crippen molar-refractivity contribution in [3.8, 4) is 0 Å². The van der Waals surface area contributed by atoms with Crippen LogP contribution in [0.1, 0.15) is 19.8 Å². The Balaban J connectivity index is 3.86. The summed E-state index contributed by atoms with van der Waals surface area (Å²) >= 11 is 0. The van der Waals surface area contributed by atoms with Crippen molar-refractivity contribution in [3.63, 3.8) is 0 Å². The normalized spacial score (nSPS) is 12.3. The zero-order valence-corrected chi connectivity index (χ0v) is 9.76. The van der Waals surface area contributed by atoms with Crippen LogP contribution in [0.25, 0.3) is 0 Å². The van der Waals surface area contributed by atoms with Crippen LogP contribution < -0.4 is 4.72 Å². The van der Waals surface area contributed by atoms with Gasteiger partial charge in [0.2, 0.25) is 10.0 Å². The van der Waals surface area contributed by atoms with Crippen LogP contribution in [-0.4, -0.2) is 41.2 Å². The predicted molar refractivity (Wildman–Crippen MR) is 54.5 cm³/mol. The third kappa shape index (κ3) is 6.31. The van der Waals surface area contributed by atoms with Gasteiger partial charge in [-0.25, -0.2) is 13.1 Å². The summed E-state index contributed by atoms with van der Waals surface area (Å²) in [7, 11) is -0.235. The van der Waals surface area contributed by atoms with E-state index in [0.29, 0.717) is 6.42 Å². The standard InChI is InChI=1S/C8H19NO4S/c1-4-5-6-14(10,11)9-7-8(12-2)13-3/h8-9H,4-7H2,1-3H3.